The van der Waals surface area contributed by atoms with Gasteiger partial charge in [-0.3, -0.25) is 0 Å². The quantitative estimate of drug-likeness (QED) is 0.0923. The minimum Gasteiger partial charge on any atom is -0.502 e. The number of aliphatic carboxylic acids is 3. The van der Waals surface area contributed by atoms with Crippen LogP contribution in [0.3, 0.4) is 0 Å². The van der Waals surface area contributed by atoms with Gasteiger partial charge in [0.25, 0.3) is 0 Å². The molecule has 0 aliphatic rings. The number of carboxylic acid groups (broad SMARTS) is 3. The van der Waals surface area contributed by atoms with Gasteiger partial charge < -0.3 is 45.6 Å². The Labute approximate surface area is 206 Å². The SMILES string of the molecule is C=CC(=O)O.C=CC(=O)O.C=CC(=O)O.CC=COCCCCCCO.OCC(CO)(CO)CO. The van der Waals surface area contributed by atoms with E-state index in [0.29, 0.717) is 6.61 Å². The van der Waals surface area contributed by atoms with E-state index in [0.717, 1.165) is 50.5 Å². The molecule has 0 amide bonds. The summed E-state index contributed by atoms with van der Waals surface area (Å²) in [5.41, 5.74) is -1.11. The molecule has 0 saturated carbocycles. The highest BCUT2D eigenvalue weighted by Crippen LogP contribution is 2.11. The van der Waals surface area contributed by atoms with Gasteiger partial charge in [-0.15, -0.1) is 0 Å². The normalized spacial score (nSPS) is 9.20. The molecule has 0 unspecified atom stereocenters. The summed E-state index contributed by atoms with van der Waals surface area (Å²) in [5.74, 6) is -2.94. The molecule has 0 radical (unpaired) electrons. The Bertz CT molecular complexity index is 494. The second-order valence-corrected chi connectivity index (χ2v) is 6.24. The Kier molecular flexibility index (Phi) is 42.8. The van der Waals surface area contributed by atoms with Gasteiger partial charge in [0.1, 0.15) is 0 Å². The van der Waals surface area contributed by atoms with Gasteiger partial charge in [-0.1, -0.05) is 32.2 Å². The molecule has 35 heavy (non-hydrogen) atoms. The van der Waals surface area contributed by atoms with E-state index in [9.17, 15) is 14.4 Å². The Morgan fingerprint density at radius 2 is 1.00 bits per heavy atom. The topological polar surface area (TPSA) is 222 Å². The van der Waals surface area contributed by atoms with Crippen LogP contribution >= 0.6 is 0 Å². The lowest BCUT2D eigenvalue weighted by molar-refractivity contribution is -0.132. The van der Waals surface area contributed by atoms with Crippen molar-refractivity contribution in [2.75, 3.05) is 39.6 Å². The Hall–Kier alpha value is -3.03. The molecule has 0 rings (SSSR count). The molecule has 0 saturated heterocycles. The van der Waals surface area contributed by atoms with Crippen LogP contribution < -0.4 is 0 Å². The van der Waals surface area contributed by atoms with Crippen LogP contribution in [0.25, 0.3) is 0 Å². The average molecular weight is 511 g/mol. The molecule has 0 atom stereocenters. The molecule has 0 aliphatic carbocycles. The van der Waals surface area contributed by atoms with Crippen LogP contribution in [-0.4, -0.2) is 98.4 Å². The van der Waals surface area contributed by atoms with Crippen molar-refractivity contribution in [1.29, 1.82) is 0 Å². The fourth-order valence-corrected chi connectivity index (χ4v) is 1.12. The summed E-state index contributed by atoms with van der Waals surface area (Å²) in [7, 11) is 0. The smallest absolute Gasteiger partial charge is 0.327 e. The maximum atomic E-state index is 9.25. The third-order valence-corrected chi connectivity index (χ3v) is 3.27. The molecular weight excluding hydrogens is 468 g/mol. The molecule has 8 N–H and O–H groups in total. The van der Waals surface area contributed by atoms with E-state index in [1.165, 1.54) is 0 Å². The van der Waals surface area contributed by atoms with E-state index >= 15 is 0 Å². The van der Waals surface area contributed by atoms with Crippen LogP contribution in [0.15, 0.2) is 50.3 Å². The number of hydrogen-bond acceptors (Lipinski definition) is 9. The molecule has 0 fully saturated rings. The first-order valence-electron chi connectivity index (χ1n) is 10.3. The van der Waals surface area contributed by atoms with Crippen molar-refractivity contribution >= 4 is 17.9 Å². The van der Waals surface area contributed by atoms with Crippen molar-refractivity contribution in [3.05, 3.63) is 50.3 Å². The molecule has 0 spiro atoms. The number of carboxylic acids is 3. The molecule has 0 aromatic rings. The molecule has 12 nitrogen and oxygen atoms in total. The van der Waals surface area contributed by atoms with Crippen LogP contribution in [0.4, 0.5) is 0 Å². The van der Waals surface area contributed by atoms with E-state index < -0.39 is 49.8 Å². The van der Waals surface area contributed by atoms with E-state index in [4.69, 9.17) is 45.6 Å². The third kappa shape index (κ3) is 49.3. The van der Waals surface area contributed by atoms with E-state index in [1.807, 2.05) is 13.0 Å². The number of ether oxygens (including phenoxy) is 1. The third-order valence-electron chi connectivity index (χ3n) is 3.27. The van der Waals surface area contributed by atoms with Gasteiger partial charge in [0.2, 0.25) is 0 Å². The molecule has 0 aliphatic heterocycles. The molecule has 0 bridgehead atoms. The van der Waals surface area contributed by atoms with Gasteiger partial charge in [-0.2, -0.15) is 0 Å². The number of hydrogen-bond donors (Lipinski definition) is 8. The lowest BCUT2D eigenvalue weighted by Gasteiger charge is -2.23. The zero-order chi connectivity index (χ0) is 28.5. The van der Waals surface area contributed by atoms with E-state index in [-0.39, 0.29) is 0 Å². The standard InChI is InChI=1S/C9H18O2.C5H12O4.3C3H4O2/c1-2-8-11-9-6-4-3-5-7-10;6-1-5(2-7,3-8)4-9;3*1-2-3(4)5/h2,8,10H,3-7,9H2,1H3;6-9H,1-4H2;3*2H,1H2,(H,4,5). The first-order valence-corrected chi connectivity index (χ1v) is 10.3. The number of rotatable bonds is 14. The van der Waals surface area contributed by atoms with Crippen molar-refractivity contribution in [2.45, 2.75) is 32.6 Å². The molecule has 0 aromatic carbocycles. The number of unbranched alkanes of at least 4 members (excludes halogenated alkanes) is 3. The summed E-state index contributed by atoms with van der Waals surface area (Å²) in [6.07, 6.45) is 10.4. The first kappa shape index (κ1) is 42.2. The highest BCUT2D eigenvalue weighted by molar-refractivity contribution is 5.79. The van der Waals surface area contributed by atoms with Crippen LogP contribution in [0.5, 0.6) is 0 Å². The van der Waals surface area contributed by atoms with Crippen molar-refractivity contribution in [3.8, 4) is 0 Å². The van der Waals surface area contributed by atoms with Crippen molar-refractivity contribution in [2.24, 2.45) is 5.41 Å². The molecule has 12 heteroatoms. The molecule has 206 valence electrons. The largest absolute Gasteiger partial charge is 0.502 e. The lowest BCUT2D eigenvalue weighted by Crippen LogP contribution is -2.37. The van der Waals surface area contributed by atoms with Crippen molar-refractivity contribution in [3.63, 3.8) is 0 Å². The van der Waals surface area contributed by atoms with Crippen molar-refractivity contribution < 1.29 is 60.0 Å². The number of allylic oxidation sites excluding steroid dienone is 1. The second kappa shape index (κ2) is 35.6. The number of aliphatic hydroxyl groups is 5. The lowest BCUT2D eigenvalue weighted by atomic mass is 9.93. The predicted molar refractivity (Wildman–Crippen MR) is 131 cm³/mol. The minimum absolute atomic E-state index is 0.315. The van der Waals surface area contributed by atoms with Crippen LogP contribution in [0.1, 0.15) is 32.6 Å². The Balaban J connectivity index is -0.000000112. The zero-order valence-corrected chi connectivity index (χ0v) is 20.3. The molecular formula is C23H42O12. The van der Waals surface area contributed by atoms with Gasteiger partial charge in [0.05, 0.1) is 44.7 Å². The minimum atomic E-state index is -1.11. The number of aliphatic hydroxyl groups excluding tert-OH is 5. The highest BCUT2D eigenvalue weighted by atomic mass is 16.5. The van der Waals surface area contributed by atoms with Gasteiger partial charge in [0, 0.05) is 24.8 Å². The summed E-state index contributed by atoms with van der Waals surface area (Å²) in [6.45, 7) is 10.3. The predicted octanol–water partition coefficient (Wildman–Crippen LogP) is 0.802. The number of carbonyl (C=O) groups is 3. The maximum absolute atomic E-state index is 9.25. The monoisotopic (exact) mass is 510 g/mol. The van der Waals surface area contributed by atoms with Crippen LogP contribution in [-0.2, 0) is 19.1 Å². The van der Waals surface area contributed by atoms with Crippen molar-refractivity contribution in [1.82, 2.24) is 0 Å². The second-order valence-electron chi connectivity index (χ2n) is 6.24. The van der Waals surface area contributed by atoms with Crippen LogP contribution in [0, 0.1) is 5.41 Å². The summed E-state index contributed by atoms with van der Waals surface area (Å²) in [6, 6.07) is 0. The Morgan fingerprint density at radius 1 is 0.686 bits per heavy atom. The van der Waals surface area contributed by atoms with E-state index in [1.54, 1.807) is 6.26 Å². The van der Waals surface area contributed by atoms with Gasteiger partial charge >= 0.3 is 17.9 Å². The Morgan fingerprint density at radius 3 is 1.20 bits per heavy atom. The maximum Gasteiger partial charge on any atom is 0.327 e. The summed E-state index contributed by atoms with van der Waals surface area (Å²) in [5, 5.41) is 65.3. The highest BCUT2D eigenvalue weighted by Gasteiger charge is 2.26. The molecule has 0 heterocycles. The fraction of sp³-hybridized carbons (Fsp3) is 0.522. The molecule has 0 aromatic heterocycles. The average Bonchev–Trinajstić information content (AvgIpc) is 2.86. The van der Waals surface area contributed by atoms with Gasteiger partial charge in [0.15, 0.2) is 0 Å². The summed E-state index contributed by atoms with van der Waals surface area (Å²) in [4.78, 5) is 27.8. The van der Waals surface area contributed by atoms with E-state index in [2.05, 4.69) is 19.7 Å². The van der Waals surface area contributed by atoms with Gasteiger partial charge in [-0.05, 0) is 26.2 Å². The summed E-state index contributed by atoms with van der Waals surface area (Å²) < 4.78 is 5.12. The van der Waals surface area contributed by atoms with Gasteiger partial charge in [-0.25, -0.2) is 14.4 Å². The fourth-order valence-electron chi connectivity index (χ4n) is 1.12. The zero-order valence-electron chi connectivity index (χ0n) is 20.3. The van der Waals surface area contributed by atoms with Crippen LogP contribution in [0.2, 0.25) is 0 Å². The first-order chi connectivity index (χ1) is 16.5. The summed E-state index contributed by atoms with van der Waals surface area (Å²) >= 11 is 0.